The summed E-state index contributed by atoms with van der Waals surface area (Å²) in [5.74, 6) is -0.120. The van der Waals surface area contributed by atoms with Crippen LogP contribution in [0.4, 0.5) is 0 Å². The van der Waals surface area contributed by atoms with Crippen molar-refractivity contribution in [2.24, 2.45) is 5.73 Å². The lowest BCUT2D eigenvalue weighted by Crippen LogP contribution is -2.32. The van der Waals surface area contributed by atoms with Crippen LogP contribution >= 0.6 is 0 Å². The third-order valence-corrected chi connectivity index (χ3v) is 2.32. The van der Waals surface area contributed by atoms with Crippen LogP contribution in [-0.2, 0) is 4.74 Å². The molecule has 0 aliphatic carbocycles. The normalized spacial score (nSPS) is 12.2. The van der Waals surface area contributed by atoms with Gasteiger partial charge in [0.05, 0.1) is 12.2 Å². The topological polar surface area (TPSA) is 77.2 Å². The van der Waals surface area contributed by atoms with Crippen LogP contribution in [0.25, 0.3) is 0 Å². The smallest absolute Gasteiger partial charge is 0.252 e. The highest BCUT2D eigenvalue weighted by molar-refractivity contribution is 5.93. The molecule has 0 radical (unpaired) electrons. The Morgan fingerprint density at radius 3 is 3.00 bits per heavy atom. The van der Waals surface area contributed by atoms with Crippen molar-refractivity contribution in [2.75, 3.05) is 20.3 Å². The lowest BCUT2D eigenvalue weighted by atomic mass is 10.2. The summed E-state index contributed by atoms with van der Waals surface area (Å²) in [6, 6.07) is 1.76. The first-order valence-corrected chi connectivity index (χ1v) is 5.58. The average Bonchev–Trinajstić information content (AvgIpc) is 2.29. The Morgan fingerprint density at radius 1 is 1.59 bits per heavy atom. The first kappa shape index (κ1) is 13.6. The van der Waals surface area contributed by atoms with Gasteiger partial charge in [0.2, 0.25) is 0 Å². The van der Waals surface area contributed by atoms with E-state index in [9.17, 15) is 4.79 Å². The molecule has 0 saturated heterocycles. The summed E-state index contributed by atoms with van der Waals surface area (Å²) in [6.45, 7) is 2.94. The second-order valence-electron chi connectivity index (χ2n) is 4.01. The summed E-state index contributed by atoms with van der Waals surface area (Å²) in [4.78, 5) is 15.7. The van der Waals surface area contributed by atoms with E-state index in [1.807, 2.05) is 6.92 Å². The van der Waals surface area contributed by atoms with Gasteiger partial charge in [-0.05, 0) is 25.0 Å². The van der Waals surface area contributed by atoms with Crippen LogP contribution in [0.1, 0.15) is 22.3 Å². The molecule has 0 saturated carbocycles. The van der Waals surface area contributed by atoms with Crippen LogP contribution < -0.4 is 11.1 Å². The summed E-state index contributed by atoms with van der Waals surface area (Å²) >= 11 is 0. The Morgan fingerprint density at radius 2 is 2.35 bits per heavy atom. The monoisotopic (exact) mass is 237 g/mol. The molecule has 5 nitrogen and oxygen atoms in total. The molecule has 1 amide bonds. The van der Waals surface area contributed by atoms with E-state index in [2.05, 4.69) is 10.3 Å². The molecule has 0 bridgehead atoms. The molecule has 94 valence electrons. The number of nitrogens with zero attached hydrogens (tertiary/aromatic N) is 1. The second-order valence-corrected chi connectivity index (χ2v) is 4.01. The highest BCUT2D eigenvalue weighted by Crippen LogP contribution is 2.00. The molecule has 17 heavy (non-hydrogen) atoms. The zero-order valence-corrected chi connectivity index (χ0v) is 10.3. The van der Waals surface area contributed by atoms with Gasteiger partial charge in [0.25, 0.3) is 5.91 Å². The van der Waals surface area contributed by atoms with Crippen molar-refractivity contribution in [1.82, 2.24) is 10.3 Å². The largest absolute Gasteiger partial charge is 0.383 e. The Balaban J connectivity index is 2.35. The van der Waals surface area contributed by atoms with E-state index in [0.717, 1.165) is 5.56 Å². The molecule has 1 heterocycles. The highest BCUT2D eigenvalue weighted by Gasteiger charge is 2.07. The number of hydrogen-bond donors (Lipinski definition) is 2. The van der Waals surface area contributed by atoms with Gasteiger partial charge in [-0.1, -0.05) is 0 Å². The molecule has 1 unspecified atom stereocenters. The number of amides is 1. The van der Waals surface area contributed by atoms with Gasteiger partial charge in [0.15, 0.2) is 0 Å². The fourth-order valence-electron chi connectivity index (χ4n) is 1.45. The Kier molecular flexibility index (Phi) is 5.59. The molecule has 1 aromatic rings. The van der Waals surface area contributed by atoms with Gasteiger partial charge < -0.3 is 15.8 Å². The molecule has 0 aromatic carbocycles. The lowest BCUT2D eigenvalue weighted by Gasteiger charge is -2.10. The number of nitrogens with one attached hydrogen (secondary N) is 1. The van der Waals surface area contributed by atoms with Crippen LogP contribution in [0.15, 0.2) is 18.5 Å². The van der Waals surface area contributed by atoms with Gasteiger partial charge in [-0.3, -0.25) is 9.78 Å². The van der Waals surface area contributed by atoms with Gasteiger partial charge in [0.1, 0.15) is 0 Å². The molecular weight excluding hydrogens is 218 g/mol. The number of aromatic nitrogens is 1. The second kappa shape index (κ2) is 6.98. The number of carbonyl (C=O) groups excluding carboxylic acids is 1. The van der Waals surface area contributed by atoms with E-state index in [1.165, 1.54) is 0 Å². The van der Waals surface area contributed by atoms with E-state index in [0.29, 0.717) is 25.1 Å². The minimum Gasteiger partial charge on any atom is -0.383 e. The summed E-state index contributed by atoms with van der Waals surface area (Å²) in [5, 5.41) is 2.80. The van der Waals surface area contributed by atoms with Crippen molar-refractivity contribution in [3.8, 4) is 0 Å². The summed E-state index contributed by atoms with van der Waals surface area (Å²) in [5.41, 5.74) is 7.29. The maximum Gasteiger partial charge on any atom is 0.252 e. The van der Waals surface area contributed by atoms with Crippen molar-refractivity contribution in [2.45, 2.75) is 19.4 Å². The summed E-state index contributed by atoms with van der Waals surface area (Å²) < 4.78 is 4.91. The minimum absolute atomic E-state index is 0.0454. The van der Waals surface area contributed by atoms with Crippen molar-refractivity contribution >= 4 is 5.91 Å². The summed E-state index contributed by atoms with van der Waals surface area (Å²) in [7, 11) is 1.61. The maximum atomic E-state index is 11.7. The Bertz CT molecular complexity index is 369. The first-order valence-electron chi connectivity index (χ1n) is 5.58. The Labute approximate surface area is 101 Å². The minimum atomic E-state index is -0.120. The number of nitrogens with two attached hydrogens (primary N) is 1. The van der Waals surface area contributed by atoms with Gasteiger partial charge in [-0.2, -0.15) is 0 Å². The van der Waals surface area contributed by atoms with Crippen molar-refractivity contribution < 1.29 is 9.53 Å². The molecule has 3 N–H and O–H groups in total. The van der Waals surface area contributed by atoms with Crippen LogP contribution in [0.2, 0.25) is 0 Å². The van der Waals surface area contributed by atoms with Crippen molar-refractivity contribution in [1.29, 1.82) is 0 Å². The predicted molar refractivity (Wildman–Crippen MR) is 65.8 cm³/mol. The molecule has 5 heteroatoms. The number of methoxy groups -OCH3 is 1. The number of hydrogen-bond acceptors (Lipinski definition) is 4. The lowest BCUT2D eigenvalue weighted by molar-refractivity contribution is 0.0949. The molecule has 1 rings (SSSR count). The SMILES string of the molecule is COCC(N)CCNC(=O)c1cncc(C)c1. The van der Waals surface area contributed by atoms with E-state index in [1.54, 1.807) is 25.6 Å². The van der Waals surface area contributed by atoms with Gasteiger partial charge in [-0.15, -0.1) is 0 Å². The number of ether oxygens (including phenoxy) is 1. The fourth-order valence-corrected chi connectivity index (χ4v) is 1.45. The third-order valence-electron chi connectivity index (χ3n) is 2.32. The Hall–Kier alpha value is -1.46. The van der Waals surface area contributed by atoms with Crippen LogP contribution in [-0.4, -0.2) is 37.2 Å². The number of pyridine rings is 1. The van der Waals surface area contributed by atoms with Gasteiger partial charge >= 0.3 is 0 Å². The molecule has 0 aliphatic heterocycles. The molecule has 0 aliphatic rings. The summed E-state index contributed by atoms with van der Waals surface area (Å²) in [6.07, 6.45) is 3.96. The van der Waals surface area contributed by atoms with E-state index in [-0.39, 0.29) is 11.9 Å². The average molecular weight is 237 g/mol. The van der Waals surface area contributed by atoms with Crippen molar-refractivity contribution in [3.05, 3.63) is 29.6 Å². The van der Waals surface area contributed by atoms with E-state index in [4.69, 9.17) is 10.5 Å². The molecule has 1 aromatic heterocycles. The zero-order chi connectivity index (χ0) is 12.7. The molecular formula is C12H19N3O2. The maximum absolute atomic E-state index is 11.7. The van der Waals surface area contributed by atoms with Crippen LogP contribution in [0.3, 0.4) is 0 Å². The quantitative estimate of drug-likeness (QED) is 0.754. The van der Waals surface area contributed by atoms with Gasteiger partial charge in [0, 0.05) is 32.1 Å². The van der Waals surface area contributed by atoms with E-state index >= 15 is 0 Å². The zero-order valence-electron chi connectivity index (χ0n) is 10.3. The third kappa shape index (κ3) is 4.93. The van der Waals surface area contributed by atoms with E-state index < -0.39 is 0 Å². The predicted octanol–water partition coefficient (Wildman–Crippen LogP) is 0.484. The van der Waals surface area contributed by atoms with Crippen LogP contribution in [0.5, 0.6) is 0 Å². The van der Waals surface area contributed by atoms with Gasteiger partial charge in [-0.25, -0.2) is 0 Å². The molecule has 0 fully saturated rings. The van der Waals surface area contributed by atoms with Crippen molar-refractivity contribution in [3.63, 3.8) is 0 Å². The fraction of sp³-hybridized carbons (Fsp3) is 0.500. The first-order chi connectivity index (χ1) is 8.13. The number of aryl methyl sites for hydroxylation is 1. The molecule has 0 spiro atoms. The number of rotatable bonds is 6. The molecule has 1 atom stereocenters. The highest BCUT2D eigenvalue weighted by atomic mass is 16.5. The standard InChI is InChI=1S/C12H19N3O2/c1-9-5-10(7-14-6-9)12(16)15-4-3-11(13)8-17-2/h5-7,11H,3-4,8,13H2,1-2H3,(H,15,16). The number of carbonyl (C=O) groups is 1. The van der Waals surface area contributed by atoms with Crippen LogP contribution in [0, 0.1) is 6.92 Å².